The number of hydrogen-bond donors (Lipinski definition) is 1. The summed E-state index contributed by atoms with van der Waals surface area (Å²) in [5.74, 6) is -0.463. The highest BCUT2D eigenvalue weighted by molar-refractivity contribution is 7.98. The molecule has 0 bridgehead atoms. The third-order valence-electron chi connectivity index (χ3n) is 2.58. The van der Waals surface area contributed by atoms with E-state index in [1.54, 1.807) is 0 Å². The number of carbonyl (C=O) groups is 2. The van der Waals surface area contributed by atoms with Gasteiger partial charge in [0.2, 0.25) is 15.9 Å². The molecular formula is C11H22N2O5S2. The van der Waals surface area contributed by atoms with Gasteiger partial charge >= 0.3 is 5.97 Å². The van der Waals surface area contributed by atoms with Gasteiger partial charge in [-0.15, -0.1) is 0 Å². The first kappa shape index (κ1) is 19.2. The van der Waals surface area contributed by atoms with Crippen molar-refractivity contribution in [3.63, 3.8) is 0 Å². The van der Waals surface area contributed by atoms with Crippen LogP contribution in [0.25, 0.3) is 0 Å². The van der Waals surface area contributed by atoms with E-state index in [0.29, 0.717) is 12.2 Å². The Morgan fingerprint density at radius 2 is 2.00 bits per heavy atom. The monoisotopic (exact) mass is 326 g/mol. The van der Waals surface area contributed by atoms with Crippen molar-refractivity contribution in [1.29, 1.82) is 0 Å². The number of nitrogens with one attached hydrogen (secondary N) is 1. The summed E-state index contributed by atoms with van der Waals surface area (Å²) in [4.78, 5) is 24.5. The molecular weight excluding hydrogens is 304 g/mol. The van der Waals surface area contributed by atoms with Crippen LogP contribution in [0.15, 0.2) is 0 Å². The maximum Gasteiger partial charge on any atom is 0.325 e. The molecule has 7 nitrogen and oxygen atoms in total. The van der Waals surface area contributed by atoms with Gasteiger partial charge in [0.25, 0.3) is 0 Å². The summed E-state index contributed by atoms with van der Waals surface area (Å²) in [6, 6.07) is -0.859. The summed E-state index contributed by atoms with van der Waals surface area (Å²) in [5, 5.41) is 0. The Kier molecular flexibility index (Phi) is 8.83. The molecule has 20 heavy (non-hydrogen) atoms. The maximum absolute atomic E-state index is 12.2. The van der Waals surface area contributed by atoms with Crippen molar-refractivity contribution in [1.82, 2.24) is 9.62 Å². The molecule has 118 valence electrons. The number of ether oxygens (including phenoxy) is 1. The van der Waals surface area contributed by atoms with Gasteiger partial charge in [-0.2, -0.15) is 11.8 Å². The van der Waals surface area contributed by atoms with Crippen LogP contribution in [0.2, 0.25) is 0 Å². The zero-order chi connectivity index (χ0) is 15.8. The number of nitrogens with zero attached hydrogens (tertiary/aromatic N) is 1. The van der Waals surface area contributed by atoms with E-state index in [1.165, 1.54) is 32.8 Å². The second kappa shape index (κ2) is 9.19. The summed E-state index contributed by atoms with van der Waals surface area (Å²) in [7, 11) is -0.821. The average molecular weight is 326 g/mol. The van der Waals surface area contributed by atoms with Gasteiger partial charge in [0.15, 0.2) is 0 Å². The highest BCUT2D eigenvalue weighted by Gasteiger charge is 2.26. The van der Waals surface area contributed by atoms with Crippen molar-refractivity contribution < 1.29 is 22.7 Å². The molecule has 0 rings (SSSR count). The number of thioether (sulfide) groups is 1. The summed E-state index contributed by atoms with van der Waals surface area (Å²) in [6.45, 7) is 1.29. The predicted octanol–water partition coefficient (Wildman–Crippen LogP) is -0.321. The van der Waals surface area contributed by atoms with Crippen LogP contribution in [0.5, 0.6) is 0 Å². The van der Waals surface area contributed by atoms with Crippen molar-refractivity contribution in [2.45, 2.75) is 19.4 Å². The van der Waals surface area contributed by atoms with Crippen molar-refractivity contribution in [3.8, 4) is 0 Å². The molecule has 1 N–H and O–H groups in total. The van der Waals surface area contributed by atoms with E-state index in [4.69, 9.17) is 0 Å². The number of methoxy groups -OCH3 is 1. The minimum absolute atomic E-state index is 0.100. The van der Waals surface area contributed by atoms with Gasteiger partial charge in [-0.25, -0.2) is 13.1 Å². The van der Waals surface area contributed by atoms with Crippen LogP contribution in [0, 0.1) is 0 Å². The first-order valence-corrected chi connectivity index (χ1v) is 9.12. The number of likely N-dealkylation sites (N-methyl/N-ethyl adjacent to an activating group) is 1. The van der Waals surface area contributed by atoms with Crippen LogP contribution in [-0.2, 0) is 24.3 Å². The summed E-state index contributed by atoms with van der Waals surface area (Å²) < 4.78 is 30.0. The van der Waals surface area contributed by atoms with Crippen molar-refractivity contribution in [2.75, 3.05) is 38.5 Å². The van der Waals surface area contributed by atoms with Crippen LogP contribution in [0.3, 0.4) is 0 Å². The topological polar surface area (TPSA) is 92.8 Å². The zero-order valence-electron chi connectivity index (χ0n) is 12.2. The van der Waals surface area contributed by atoms with Crippen LogP contribution >= 0.6 is 11.8 Å². The summed E-state index contributed by atoms with van der Waals surface area (Å²) >= 11 is 1.51. The molecule has 0 aromatic heterocycles. The van der Waals surface area contributed by atoms with E-state index < -0.39 is 27.9 Å². The first-order valence-electron chi connectivity index (χ1n) is 6.08. The number of carbonyl (C=O) groups excluding carboxylic acids is 2. The van der Waals surface area contributed by atoms with Crippen molar-refractivity contribution in [2.24, 2.45) is 0 Å². The van der Waals surface area contributed by atoms with Gasteiger partial charge in [-0.3, -0.25) is 9.59 Å². The fraction of sp³-hybridized carbons (Fsp3) is 0.818. The minimum Gasteiger partial charge on any atom is -0.468 e. The molecule has 0 aromatic carbocycles. The quantitative estimate of drug-likeness (QED) is 0.584. The van der Waals surface area contributed by atoms with E-state index >= 15 is 0 Å². The third-order valence-corrected chi connectivity index (χ3v) is 4.63. The largest absolute Gasteiger partial charge is 0.468 e. The molecule has 0 spiro atoms. The molecule has 9 heteroatoms. The Labute approximate surface area is 124 Å². The smallest absolute Gasteiger partial charge is 0.325 e. The Balaban J connectivity index is 4.83. The number of amides is 1. The van der Waals surface area contributed by atoms with E-state index in [9.17, 15) is 18.0 Å². The fourth-order valence-corrected chi connectivity index (χ4v) is 2.66. The molecule has 0 saturated carbocycles. The number of sulfonamides is 1. The van der Waals surface area contributed by atoms with E-state index in [-0.39, 0.29) is 12.3 Å². The molecule has 0 aliphatic carbocycles. The molecule has 0 aliphatic heterocycles. The number of esters is 1. The maximum atomic E-state index is 12.2. The van der Waals surface area contributed by atoms with Crippen LogP contribution < -0.4 is 4.72 Å². The second-order valence-corrected chi connectivity index (χ2v) is 7.15. The second-order valence-electron chi connectivity index (χ2n) is 4.13. The summed E-state index contributed by atoms with van der Waals surface area (Å²) in [6.07, 6.45) is 2.23. The number of rotatable bonds is 9. The lowest BCUT2D eigenvalue weighted by molar-refractivity contribution is -0.146. The highest BCUT2D eigenvalue weighted by atomic mass is 32.2. The lowest BCUT2D eigenvalue weighted by atomic mass is 10.2. The van der Waals surface area contributed by atoms with Crippen molar-refractivity contribution >= 4 is 33.7 Å². The third kappa shape index (κ3) is 7.11. The lowest BCUT2D eigenvalue weighted by Crippen LogP contribution is -2.49. The van der Waals surface area contributed by atoms with Crippen LogP contribution in [0.4, 0.5) is 0 Å². The zero-order valence-corrected chi connectivity index (χ0v) is 13.8. The van der Waals surface area contributed by atoms with Crippen molar-refractivity contribution in [3.05, 3.63) is 0 Å². The molecule has 1 unspecified atom stereocenters. The van der Waals surface area contributed by atoms with Gasteiger partial charge in [-0.1, -0.05) is 0 Å². The standard InChI is InChI=1S/C11H22N2O5S2/c1-5-20(16,17)12-9(6-7-19-4)11(15)13(2)8-10(14)18-3/h9,12H,5-8H2,1-4H3. The molecule has 1 amide bonds. The number of hydrogen-bond acceptors (Lipinski definition) is 6. The van der Waals surface area contributed by atoms with Gasteiger partial charge in [-0.05, 0) is 25.4 Å². The molecule has 0 saturated heterocycles. The van der Waals surface area contributed by atoms with E-state index in [0.717, 1.165) is 4.90 Å². The van der Waals surface area contributed by atoms with Crippen LogP contribution in [0.1, 0.15) is 13.3 Å². The van der Waals surface area contributed by atoms with Gasteiger partial charge < -0.3 is 9.64 Å². The average Bonchev–Trinajstić information content (AvgIpc) is 2.42. The van der Waals surface area contributed by atoms with Crippen LogP contribution in [-0.4, -0.2) is 69.7 Å². The molecule has 0 aromatic rings. The Bertz CT molecular complexity index is 425. The fourth-order valence-electron chi connectivity index (χ4n) is 1.37. The Morgan fingerprint density at radius 3 is 2.45 bits per heavy atom. The van der Waals surface area contributed by atoms with Gasteiger partial charge in [0.1, 0.15) is 12.6 Å². The van der Waals surface area contributed by atoms with Gasteiger partial charge in [0, 0.05) is 7.05 Å². The molecule has 0 fully saturated rings. The molecule has 0 heterocycles. The lowest BCUT2D eigenvalue weighted by Gasteiger charge is -2.23. The SMILES string of the molecule is CCS(=O)(=O)NC(CCSC)C(=O)N(C)CC(=O)OC. The van der Waals surface area contributed by atoms with Gasteiger partial charge in [0.05, 0.1) is 12.9 Å². The normalized spacial score (nSPS) is 12.8. The summed E-state index contributed by atoms with van der Waals surface area (Å²) in [5.41, 5.74) is 0. The van der Waals surface area contributed by atoms with E-state index in [1.807, 2.05) is 6.26 Å². The molecule has 1 atom stereocenters. The Morgan fingerprint density at radius 1 is 1.40 bits per heavy atom. The Hall–Kier alpha value is -0.800. The molecule has 0 radical (unpaired) electrons. The minimum atomic E-state index is -3.48. The predicted molar refractivity (Wildman–Crippen MR) is 79.0 cm³/mol. The molecule has 0 aliphatic rings. The van der Waals surface area contributed by atoms with E-state index in [2.05, 4.69) is 9.46 Å². The first-order chi connectivity index (χ1) is 9.27. The highest BCUT2D eigenvalue weighted by Crippen LogP contribution is 2.06.